The number of carbonyl (C=O) groups excluding carboxylic acids is 1. The molecule has 2 aromatic rings. The van der Waals surface area contributed by atoms with E-state index >= 15 is 0 Å². The molecule has 1 fully saturated rings. The molecular formula is C20H26N2O. The van der Waals surface area contributed by atoms with Gasteiger partial charge in [-0.3, -0.25) is 4.79 Å². The Labute approximate surface area is 138 Å². The van der Waals surface area contributed by atoms with Crippen molar-refractivity contribution in [3.8, 4) is 5.69 Å². The largest absolute Gasteiger partial charge is 0.338 e. The second-order valence-electron chi connectivity index (χ2n) is 6.96. The van der Waals surface area contributed by atoms with Crippen LogP contribution in [0.2, 0.25) is 0 Å². The molecule has 122 valence electrons. The summed E-state index contributed by atoms with van der Waals surface area (Å²) in [6.07, 6.45) is 2.34. The van der Waals surface area contributed by atoms with Crippen molar-refractivity contribution in [3.05, 3.63) is 52.8 Å². The first kappa shape index (κ1) is 15.9. The third-order valence-corrected chi connectivity index (χ3v) is 4.87. The first-order valence-electron chi connectivity index (χ1n) is 8.52. The zero-order valence-electron chi connectivity index (χ0n) is 14.6. The minimum atomic E-state index is 0.184. The number of amides is 1. The van der Waals surface area contributed by atoms with Crippen LogP contribution in [0.5, 0.6) is 0 Å². The molecule has 0 radical (unpaired) electrons. The van der Waals surface area contributed by atoms with Gasteiger partial charge in [0, 0.05) is 30.2 Å². The Morgan fingerprint density at radius 2 is 1.96 bits per heavy atom. The summed E-state index contributed by atoms with van der Waals surface area (Å²) >= 11 is 0. The van der Waals surface area contributed by atoms with Gasteiger partial charge in [-0.2, -0.15) is 0 Å². The van der Waals surface area contributed by atoms with Gasteiger partial charge in [-0.05, 0) is 63.3 Å². The Morgan fingerprint density at radius 1 is 1.17 bits per heavy atom. The summed E-state index contributed by atoms with van der Waals surface area (Å²) in [5.74, 6) is 0.788. The van der Waals surface area contributed by atoms with Crippen LogP contribution in [-0.4, -0.2) is 28.5 Å². The molecule has 0 aliphatic carbocycles. The lowest BCUT2D eigenvalue weighted by Crippen LogP contribution is -2.39. The summed E-state index contributed by atoms with van der Waals surface area (Å²) in [6, 6.07) is 10.5. The minimum absolute atomic E-state index is 0.184. The average Bonchev–Trinajstić information content (AvgIpc) is 2.81. The van der Waals surface area contributed by atoms with E-state index in [1.54, 1.807) is 0 Å². The van der Waals surface area contributed by atoms with Crippen LogP contribution in [0.25, 0.3) is 5.69 Å². The van der Waals surface area contributed by atoms with Gasteiger partial charge in [-0.15, -0.1) is 0 Å². The highest BCUT2D eigenvalue weighted by molar-refractivity contribution is 5.96. The van der Waals surface area contributed by atoms with Crippen molar-refractivity contribution in [1.29, 1.82) is 0 Å². The van der Waals surface area contributed by atoms with Crippen LogP contribution >= 0.6 is 0 Å². The molecular weight excluding hydrogens is 284 g/mol. The standard InChI is InChI=1S/C20H26N2O/c1-14-7-5-9-18(11-14)22-16(3)12-19(17(22)4)20(23)21-10-6-8-15(2)13-21/h5,7,9,11-12,15H,6,8,10,13H2,1-4H3. The van der Waals surface area contributed by atoms with Crippen molar-refractivity contribution in [3.63, 3.8) is 0 Å². The number of piperidine rings is 1. The lowest BCUT2D eigenvalue weighted by atomic mass is 9.99. The van der Waals surface area contributed by atoms with Gasteiger partial charge in [0.15, 0.2) is 0 Å². The third-order valence-electron chi connectivity index (χ3n) is 4.87. The number of aryl methyl sites for hydroxylation is 2. The second-order valence-corrected chi connectivity index (χ2v) is 6.96. The third kappa shape index (κ3) is 3.05. The molecule has 1 amide bonds. The Balaban J connectivity index is 1.96. The molecule has 0 spiro atoms. The van der Waals surface area contributed by atoms with Gasteiger partial charge in [0.05, 0.1) is 5.56 Å². The van der Waals surface area contributed by atoms with Crippen LogP contribution in [0, 0.1) is 26.7 Å². The maximum Gasteiger partial charge on any atom is 0.255 e. The number of hydrogen-bond acceptors (Lipinski definition) is 1. The summed E-state index contributed by atoms with van der Waals surface area (Å²) in [5.41, 5.74) is 5.36. The van der Waals surface area contributed by atoms with Crippen molar-refractivity contribution >= 4 is 5.91 Å². The van der Waals surface area contributed by atoms with E-state index in [-0.39, 0.29) is 5.91 Å². The number of aromatic nitrogens is 1. The molecule has 23 heavy (non-hydrogen) atoms. The summed E-state index contributed by atoms with van der Waals surface area (Å²) in [7, 11) is 0. The molecule has 1 unspecified atom stereocenters. The monoisotopic (exact) mass is 310 g/mol. The predicted octanol–water partition coefficient (Wildman–Crippen LogP) is 4.27. The van der Waals surface area contributed by atoms with Crippen molar-refractivity contribution < 1.29 is 4.79 Å². The molecule has 1 aromatic carbocycles. The zero-order chi connectivity index (χ0) is 16.6. The maximum absolute atomic E-state index is 12.9. The van der Waals surface area contributed by atoms with Gasteiger partial charge in [0.1, 0.15) is 0 Å². The van der Waals surface area contributed by atoms with Crippen LogP contribution < -0.4 is 0 Å². The van der Waals surface area contributed by atoms with Crippen molar-refractivity contribution in [1.82, 2.24) is 9.47 Å². The normalized spacial score (nSPS) is 18.3. The number of likely N-dealkylation sites (tertiary alicyclic amines) is 1. The lowest BCUT2D eigenvalue weighted by Gasteiger charge is -2.31. The van der Waals surface area contributed by atoms with E-state index in [0.717, 1.165) is 42.1 Å². The minimum Gasteiger partial charge on any atom is -0.338 e. The first-order chi connectivity index (χ1) is 11.0. The van der Waals surface area contributed by atoms with Crippen LogP contribution in [0.15, 0.2) is 30.3 Å². The molecule has 1 atom stereocenters. The fraction of sp³-hybridized carbons (Fsp3) is 0.450. The summed E-state index contributed by atoms with van der Waals surface area (Å²) < 4.78 is 2.19. The Kier molecular flexibility index (Phi) is 4.29. The molecule has 1 aliphatic rings. The molecule has 1 aliphatic heterocycles. The predicted molar refractivity (Wildman–Crippen MR) is 94.3 cm³/mol. The summed E-state index contributed by atoms with van der Waals surface area (Å²) in [6.45, 7) is 10.2. The molecule has 3 nitrogen and oxygen atoms in total. The fourth-order valence-electron chi connectivity index (χ4n) is 3.69. The van der Waals surface area contributed by atoms with Gasteiger partial charge < -0.3 is 9.47 Å². The van der Waals surface area contributed by atoms with E-state index in [1.165, 1.54) is 12.0 Å². The van der Waals surface area contributed by atoms with Crippen molar-refractivity contribution in [2.24, 2.45) is 5.92 Å². The highest BCUT2D eigenvalue weighted by atomic mass is 16.2. The SMILES string of the molecule is Cc1cccc(-n2c(C)cc(C(=O)N3CCCC(C)C3)c2C)c1. The Bertz CT molecular complexity index is 729. The van der Waals surface area contributed by atoms with E-state index in [9.17, 15) is 4.79 Å². The molecule has 2 heterocycles. The van der Waals surface area contributed by atoms with Crippen molar-refractivity contribution in [2.75, 3.05) is 13.1 Å². The molecule has 0 saturated carbocycles. The van der Waals surface area contributed by atoms with Crippen LogP contribution in [0.3, 0.4) is 0 Å². The molecule has 1 saturated heterocycles. The van der Waals surface area contributed by atoms with Gasteiger partial charge in [0.25, 0.3) is 5.91 Å². The van der Waals surface area contributed by atoms with Crippen LogP contribution in [0.1, 0.15) is 47.1 Å². The van der Waals surface area contributed by atoms with Gasteiger partial charge in [-0.1, -0.05) is 19.1 Å². The maximum atomic E-state index is 12.9. The Morgan fingerprint density at radius 3 is 2.65 bits per heavy atom. The van der Waals surface area contributed by atoms with E-state index in [4.69, 9.17) is 0 Å². The van der Waals surface area contributed by atoms with Crippen molar-refractivity contribution in [2.45, 2.75) is 40.5 Å². The summed E-state index contributed by atoms with van der Waals surface area (Å²) in [4.78, 5) is 15.0. The molecule has 3 rings (SSSR count). The topological polar surface area (TPSA) is 25.2 Å². The number of carbonyl (C=O) groups is 1. The van der Waals surface area contributed by atoms with Gasteiger partial charge in [-0.25, -0.2) is 0 Å². The lowest BCUT2D eigenvalue weighted by molar-refractivity contribution is 0.0682. The molecule has 0 bridgehead atoms. The van der Waals surface area contributed by atoms with E-state index in [1.807, 2.05) is 11.0 Å². The average molecular weight is 310 g/mol. The van der Waals surface area contributed by atoms with Gasteiger partial charge >= 0.3 is 0 Å². The number of benzene rings is 1. The number of nitrogens with zero attached hydrogens (tertiary/aromatic N) is 2. The number of hydrogen-bond donors (Lipinski definition) is 0. The Hall–Kier alpha value is -2.03. The second kappa shape index (κ2) is 6.23. The molecule has 1 aromatic heterocycles. The number of rotatable bonds is 2. The highest BCUT2D eigenvalue weighted by Gasteiger charge is 2.25. The van der Waals surface area contributed by atoms with Gasteiger partial charge in [0.2, 0.25) is 0 Å². The zero-order valence-corrected chi connectivity index (χ0v) is 14.6. The van der Waals surface area contributed by atoms with Crippen LogP contribution in [-0.2, 0) is 0 Å². The highest BCUT2D eigenvalue weighted by Crippen LogP contribution is 2.24. The van der Waals surface area contributed by atoms with E-state index in [0.29, 0.717) is 5.92 Å². The van der Waals surface area contributed by atoms with Crippen LogP contribution in [0.4, 0.5) is 0 Å². The quantitative estimate of drug-likeness (QED) is 0.813. The molecule has 0 N–H and O–H groups in total. The van der Waals surface area contributed by atoms with E-state index < -0.39 is 0 Å². The first-order valence-corrected chi connectivity index (χ1v) is 8.52. The molecule has 3 heteroatoms. The van der Waals surface area contributed by atoms with E-state index in [2.05, 4.69) is 56.5 Å². The summed E-state index contributed by atoms with van der Waals surface area (Å²) in [5, 5.41) is 0. The smallest absolute Gasteiger partial charge is 0.255 e. The fourth-order valence-corrected chi connectivity index (χ4v) is 3.69.